The molecule has 1 saturated heterocycles. The van der Waals surface area contributed by atoms with Gasteiger partial charge in [0.25, 0.3) is 0 Å². The van der Waals surface area contributed by atoms with Gasteiger partial charge in [-0.15, -0.1) is 0 Å². The number of rotatable bonds is 3. The summed E-state index contributed by atoms with van der Waals surface area (Å²) in [5.74, 6) is 1.68. The van der Waals surface area contributed by atoms with Crippen LogP contribution in [0.25, 0.3) is 0 Å². The van der Waals surface area contributed by atoms with Crippen molar-refractivity contribution in [1.29, 1.82) is 0 Å². The molecule has 0 saturated carbocycles. The normalized spacial score (nSPS) is 21.2. The maximum atomic E-state index is 5.80. The lowest BCUT2D eigenvalue weighted by molar-refractivity contribution is -0.0220. The van der Waals surface area contributed by atoms with Crippen molar-refractivity contribution in [2.24, 2.45) is 0 Å². The minimum Gasteiger partial charge on any atom is -0.497 e. The monoisotopic (exact) mass is 237 g/mol. The number of ether oxygens (including phenoxy) is 3. The van der Waals surface area contributed by atoms with Gasteiger partial charge in [-0.3, -0.25) is 0 Å². The average molecular weight is 237 g/mol. The fourth-order valence-corrected chi connectivity index (χ4v) is 2.06. The molecule has 0 spiro atoms. The van der Waals surface area contributed by atoms with Crippen molar-refractivity contribution >= 4 is 0 Å². The first-order valence-electron chi connectivity index (χ1n) is 5.76. The summed E-state index contributed by atoms with van der Waals surface area (Å²) in [7, 11) is 5.44. The van der Waals surface area contributed by atoms with Gasteiger partial charge in [0.15, 0.2) is 0 Å². The molecule has 0 aromatic heterocycles. The van der Waals surface area contributed by atoms with E-state index in [2.05, 4.69) is 11.9 Å². The summed E-state index contributed by atoms with van der Waals surface area (Å²) in [4.78, 5) is 2.26. The van der Waals surface area contributed by atoms with Gasteiger partial charge < -0.3 is 19.1 Å². The summed E-state index contributed by atoms with van der Waals surface area (Å²) in [6.45, 7) is 2.61. The Hall–Kier alpha value is -1.26. The van der Waals surface area contributed by atoms with E-state index in [1.54, 1.807) is 14.2 Å². The molecule has 1 aliphatic heterocycles. The molecule has 17 heavy (non-hydrogen) atoms. The number of methoxy groups -OCH3 is 2. The van der Waals surface area contributed by atoms with Gasteiger partial charge in [-0.1, -0.05) is 0 Å². The van der Waals surface area contributed by atoms with Crippen molar-refractivity contribution in [1.82, 2.24) is 4.90 Å². The second-order valence-electron chi connectivity index (χ2n) is 4.23. The fourth-order valence-electron chi connectivity index (χ4n) is 2.06. The Morgan fingerprint density at radius 3 is 2.76 bits per heavy atom. The molecular formula is C13H19NO3. The maximum absolute atomic E-state index is 5.80. The van der Waals surface area contributed by atoms with E-state index < -0.39 is 0 Å². The Bertz CT molecular complexity index is 381. The molecule has 4 nitrogen and oxygen atoms in total. The highest BCUT2D eigenvalue weighted by Gasteiger charge is 2.23. The molecule has 0 amide bonds. The van der Waals surface area contributed by atoms with Gasteiger partial charge in [-0.2, -0.15) is 0 Å². The Balaban J connectivity index is 2.27. The molecule has 0 aliphatic carbocycles. The van der Waals surface area contributed by atoms with Crippen molar-refractivity contribution in [3.8, 4) is 11.5 Å². The fraction of sp³-hybridized carbons (Fsp3) is 0.538. The van der Waals surface area contributed by atoms with Gasteiger partial charge >= 0.3 is 0 Å². The molecular weight excluding hydrogens is 218 g/mol. The van der Waals surface area contributed by atoms with Crippen LogP contribution in [0.5, 0.6) is 11.5 Å². The molecule has 1 fully saturated rings. The lowest BCUT2D eigenvalue weighted by Gasteiger charge is -2.31. The van der Waals surface area contributed by atoms with Crippen LogP contribution in [0.2, 0.25) is 0 Å². The molecule has 0 N–H and O–H groups in total. The average Bonchev–Trinajstić information content (AvgIpc) is 2.38. The molecule has 0 bridgehead atoms. The first-order chi connectivity index (χ1) is 8.24. The van der Waals surface area contributed by atoms with Crippen molar-refractivity contribution in [2.45, 2.75) is 6.10 Å². The summed E-state index contributed by atoms with van der Waals surface area (Å²) in [6, 6.07) is 5.81. The third-order valence-corrected chi connectivity index (χ3v) is 3.05. The first-order valence-corrected chi connectivity index (χ1v) is 5.76. The van der Waals surface area contributed by atoms with E-state index in [-0.39, 0.29) is 6.10 Å². The van der Waals surface area contributed by atoms with Gasteiger partial charge in [0.2, 0.25) is 0 Å². The Morgan fingerprint density at radius 2 is 2.12 bits per heavy atom. The zero-order valence-electron chi connectivity index (χ0n) is 10.6. The smallest absolute Gasteiger partial charge is 0.124 e. The van der Waals surface area contributed by atoms with Crippen LogP contribution in [0.15, 0.2) is 18.2 Å². The minimum atomic E-state index is 0.0544. The second kappa shape index (κ2) is 5.38. The third kappa shape index (κ3) is 2.70. The predicted octanol–water partition coefficient (Wildman–Crippen LogP) is 1.71. The molecule has 1 heterocycles. The van der Waals surface area contributed by atoms with Gasteiger partial charge in [0.05, 0.1) is 26.9 Å². The van der Waals surface area contributed by atoms with Crippen LogP contribution in [0.1, 0.15) is 11.7 Å². The Labute approximate surface area is 102 Å². The highest BCUT2D eigenvalue weighted by Crippen LogP contribution is 2.32. The molecule has 2 rings (SSSR count). The number of morpholine rings is 1. The maximum Gasteiger partial charge on any atom is 0.124 e. The molecule has 4 heteroatoms. The topological polar surface area (TPSA) is 30.9 Å². The van der Waals surface area contributed by atoms with E-state index in [9.17, 15) is 0 Å². The Kier molecular flexibility index (Phi) is 3.86. The standard InChI is InChI=1S/C13H19NO3/c1-14-6-7-17-13(9-14)11-8-10(15-2)4-5-12(11)16-3/h4-5,8,13H,6-7,9H2,1-3H3/t13-/m0/s1. The number of nitrogens with zero attached hydrogens (tertiary/aromatic N) is 1. The zero-order valence-corrected chi connectivity index (χ0v) is 10.6. The lowest BCUT2D eigenvalue weighted by Crippen LogP contribution is -2.35. The van der Waals surface area contributed by atoms with E-state index in [1.807, 2.05) is 18.2 Å². The zero-order chi connectivity index (χ0) is 12.3. The number of hydrogen-bond acceptors (Lipinski definition) is 4. The van der Waals surface area contributed by atoms with Crippen molar-refractivity contribution in [2.75, 3.05) is 41.0 Å². The molecule has 0 radical (unpaired) electrons. The van der Waals surface area contributed by atoms with Crippen LogP contribution in [-0.4, -0.2) is 45.9 Å². The summed E-state index contributed by atoms with van der Waals surface area (Å²) >= 11 is 0. The van der Waals surface area contributed by atoms with E-state index in [0.717, 1.165) is 36.8 Å². The Morgan fingerprint density at radius 1 is 1.29 bits per heavy atom. The van der Waals surface area contributed by atoms with Crippen LogP contribution in [0, 0.1) is 0 Å². The molecule has 1 aromatic carbocycles. The quantitative estimate of drug-likeness (QED) is 0.800. The van der Waals surface area contributed by atoms with Crippen LogP contribution in [-0.2, 0) is 4.74 Å². The predicted molar refractivity (Wildman–Crippen MR) is 65.7 cm³/mol. The van der Waals surface area contributed by atoms with Crippen molar-refractivity contribution in [3.05, 3.63) is 23.8 Å². The van der Waals surface area contributed by atoms with Crippen molar-refractivity contribution in [3.63, 3.8) is 0 Å². The van der Waals surface area contributed by atoms with E-state index in [0.29, 0.717) is 0 Å². The van der Waals surface area contributed by atoms with Gasteiger partial charge in [-0.25, -0.2) is 0 Å². The molecule has 1 aliphatic rings. The SMILES string of the molecule is COc1ccc(OC)c([C@@H]2CN(C)CCO2)c1. The van der Waals surface area contributed by atoms with Crippen LogP contribution >= 0.6 is 0 Å². The van der Waals surface area contributed by atoms with E-state index >= 15 is 0 Å². The summed E-state index contributed by atoms with van der Waals surface area (Å²) in [6.07, 6.45) is 0.0544. The molecule has 0 unspecified atom stereocenters. The number of likely N-dealkylation sites (N-methyl/N-ethyl adjacent to an activating group) is 1. The molecule has 1 aromatic rings. The number of hydrogen-bond donors (Lipinski definition) is 0. The van der Waals surface area contributed by atoms with E-state index in [4.69, 9.17) is 14.2 Å². The minimum absolute atomic E-state index is 0.0544. The van der Waals surface area contributed by atoms with Crippen LogP contribution in [0.4, 0.5) is 0 Å². The van der Waals surface area contributed by atoms with Crippen molar-refractivity contribution < 1.29 is 14.2 Å². The number of benzene rings is 1. The first kappa shape index (κ1) is 12.2. The molecule has 1 atom stereocenters. The summed E-state index contributed by atoms with van der Waals surface area (Å²) < 4.78 is 16.4. The van der Waals surface area contributed by atoms with Crippen LogP contribution < -0.4 is 9.47 Å². The van der Waals surface area contributed by atoms with E-state index in [1.165, 1.54) is 0 Å². The highest BCUT2D eigenvalue weighted by molar-refractivity contribution is 5.42. The van der Waals surface area contributed by atoms with Gasteiger partial charge in [0.1, 0.15) is 11.5 Å². The summed E-state index contributed by atoms with van der Waals surface area (Å²) in [5.41, 5.74) is 1.05. The molecule has 94 valence electrons. The summed E-state index contributed by atoms with van der Waals surface area (Å²) in [5, 5.41) is 0. The van der Waals surface area contributed by atoms with Gasteiger partial charge in [-0.05, 0) is 25.2 Å². The second-order valence-corrected chi connectivity index (χ2v) is 4.23. The highest BCUT2D eigenvalue weighted by atomic mass is 16.5. The van der Waals surface area contributed by atoms with Crippen LogP contribution in [0.3, 0.4) is 0 Å². The largest absolute Gasteiger partial charge is 0.497 e. The van der Waals surface area contributed by atoms with Gasteiger partial charge in [0, 0.05) is 18.7 Å². The third-order valence-electron chi connectivity index (χ3n) is 3.05. The lowest BCUT2D eigenvalue weighted by atomic mass is 10.1.